The van der Waals surface area contributed by atoms with Crippen LogP contribution in [0.3, 0.4) is 0 Å². The summed E-state index contributed by atoms with van der Waals surface area (Å²) in [5.41, 5.74) is 1.76. The summed E-state index contributed by atoms with van der Waals surface area (Å²) >= 11 is 3.38. The van der Waals surface area contributed by atoms with Crippen molar-refractivity contribution < 1.29 is 14.6 Å². The van der Waals surface area contributed by atoms with E-state index in [0.717, 1.165) is 15.7 Å². The second-order valence-electron chi connectivity index (χ2n) is 4.04. The highest BCUT2D eigenvalue weighted by molar-refractivity contribution is 9.10. The van der Waals surface area contributed by atoms with Crippen LogP contribution in [0.2, 0.25) is 0 Å². The number of anilines is 1. The van der Waals surface area contributed by atoms with Crippen LogP contribution in [0, 0.1) is 6.92 Å². The van der Waals surface area contributed by atoms with Crippen molar-refractivity contribution in [3.63, 3.8) is 0 Å². The van der Waals surface area contributed by atoms with Crippen molar-refractivity contribution in [1.29, 1.82) is 0 Å². The molecule has 0 aliphatic carbocycles. The van der Waals surface area contributed by atoms with E-state index < -0.39 is 0 Å². The molecule has 1 atom stereocenters. The summed E-state index contributed by atoms with van der Waals surface area (Å²) in [5.74, 6) is 0. The van der Waals surface area contributed by atoms with Gasteiger partial charge in [-0.2, -0.15) is 0 Å². The van der Waals surface area contributed by atoms with Gasteiger partial charge >= 0.3 is 6.09 Å². The van der Waals surface area contributed by atoms with Crippen LogP contribution in [0.1, 0.15) is 12.0 Å². The minimum Gasteiger partial charge on any atom is -0.449 e. The average molecular weight is 300 g/mol. The number of aryl methyl sites for hydroxylation is 1. The maximum atomic E-state index is 11.8. The summed E-state index contributed by atoms with van der Waals surface area (Å²) < 4.78 is 5.99. The Morgan fingerprint density at radius 1 is 1.59 bits per heavy atom. The molecular weight excluding hydrogens is 286 g/mol. The van der Waals surface area contributed by atoms with Crippen molar-refractivity contribution in [2.24, 2.45) is 0 Å². The third-order valence-corrected chi connectivity index (χ3v) is 3.36. The van der Waals surface area contributed by atoms with Crippen LogP contribution < -0.4 is 4.90 Å². The highest BCUT2D eigenvalue weighted by Gasteiger charge is 2.31. The number of carbonyl (C=O) groups is 1. The topological polar surface area (TPSA) is 49.8 Å². The number of amides is 1. The standard InChI is InChI=1S/C12H14BrNO3/c1-8-6-9(13)2-3-11(8)14-10(7-15)4-5-17-12(14)16/h2-3,6,10,15H,4-5,7H2,1H3. The van der Waals surface area contributed by atoms with E-state index in [1.54, 1.807) is 0 Å². The molecule has 1 amide bonds. The summed E-state index contributed by atoms with van der Waals surface area (Å²) in [6.45, 7) is 2.25. The predicted octanol–water partition coefficient (Wildman–Crippen LogP) is 2.47. The molecule has 2 rings (SSSR count). The zero-order chi connectivity index (χ0) is 12.4. The van der Waals surface area contributed by atoms with Gasteiger partial charge in [-0.3, -0.25) is 4.90 Å². The van der Waals surface area contributed by atoms with Gasteiger partial charge in [-0.1, -0.05) is 15.9 Å². The van der Waals surface area contributed by atoms with Crippen LogP contribution >= 0.6 is 15.9 Å². The largest absolute Gasteiger partial charge is 0.449 e. The Morgan fingerprint density at radius 2 is 2.35 bits per heavy atom. The number of rotatable bonds is 2. The van der Waals surface area contributed by atoms with Gasteiger partial charge in [0.15, 0.2) is 0 Å². The first-order valence-electron chi connectivity index (χ1n) is 5.46. The lowest BCUT2D eigenvalue weighted by Crippen LogP contribution is -2.48. The minimum absolute atomic E-state index is 0.0510. The number of nitrogens with zero attached hydrogens (tertiary/aromatic N) is 1. The summed E-state index contributed by atoms with van der Waals surface area (Å²) in [7, 11) is 0. The molecule has 1 saturated heterocycles. The van der Waals surface area contributed by atoms with Gasteiger partial charge in [0.1, 0.15) is 0 Å². The number of ether oxygens (including phenoxy) is 1. The third-order valence-electron chi connectivity index (χ3n) is 2.87. The summed E-state index contributed by atoms with van der Waals surface area (Å²) in [5, 5.41) is 9.33. The van der Waals surface area contributed by atoms with Crippen molar-refractivity contribution in [3.05, 3.63) is 28.2 Å². The smallest absolute Gasteiger partial charge is 0.414 e. The molecule has 1 aromatic carbocycles. The Kier molecular flexibility index (Phi) is 3.69. The maximum absolute atomic E-state index is 11.8. The van der Waals surface area contributed by atoms with Crippen molar-refractivity contribution in [2.45, 2.75) is 19.4 Å². The molecule has 5 heteroatoms. The molecule has 1 fully saturated rings. The number of hydrogen-bond donors (Lipinski definition) is 1. The molecule has 1 aliphatic heterocycles. The van der Waals surface area contributed by atoms with Crippen molar-refractivity contribution >= 4 is 27.7 Å². The van der Waals surface area contributed by atoms with Gasteiger partial charge in [-0.05, 0) is 30.7 Å². The fraction of sp³-hybridized carbons (Fsp3) is 0.417. The molecule has 1 heterocycles. The highest BCUT2D eigenvalue weighted by atomic mass is 79.9. The lowest BCUT2D eigenvalue weighted by Gasteiger charge is -2.34. The van der Waals surface area contributed by atoms with Gasteiger partial charge in [-0.25, -0.2) is 4.79 Å². The molecule has 0 aromatic heterocycles. The summed E-state index contributed by atoms with van der Waals surface area (Å²) in [6.07, 6.45) is 0.262. The van der Waals surface area contributed by atoms with Crippen molar-refractivity contribution in [3.8, 4) is 0 Å². The number of hydrogen-bond acceptors (Lipinski definition) is 3. The first-order chi connectivity index (χ1) is 8.13. The van der Waals surface area contributed by atoms with E-state index in [-0.39, 0.29) is 18.7 Å². The SMILES string of the molecule is Cc1cc(Br)ccc1N1C(=O)OCCC1CO. The van der Waals surface area contributed by atoms with E-state index in [1.807, 2.05) is 25.1 Å². The van der Waals surface area contributed by atoms with Gasteiger partial charge in [0.2, 0.25) is 0 Å². The van der Waals surface area contributed by atoms with Gasteiger partial charge in [-0.15, -0.1) is 0 Å². The number of benzene rings is 1. The Bertz CT molecular complexity index is 436. The van der Waals surface area contributed by atoms with Crippen LogP contribution in [-0.4, -0.2) is 30.5 Å². The maximum Gasteiger partial charge on any atom is 0.414 e. The Hall–Kier alpha value is -1.07. The van der Waals surface area contributed by atoms with E-state index in [9.17, 15) is 9.90 Å². The van der Waals surface area contributed by atoms with Gasteiger partial charge in [0, 0.05) is 10.9 Å². The van der Waals surface area contributed by atoms with Crippen molar-refractivity contribution in [2.75, 3.05) is 18.1 Å². The fourth-order valence-corrected chi connectivity index (χ4v) is 2.46. The minimum atomic E-state index is -0.388. The number of halogens is 1. The van der Waals surface area contributed by atoms with Crippen molar-refractivity contribution in [1.82, 2.24) is 0 Å². The van der Waals surface area contributed by atoms with E-state index in [1.165, 1.54) is 4.90 Å². The number of cyclic esters (lactones) is 1. The normalized spacial score (nSPS) is 20.3. The Balaban J connectivity index is 2.38. The van der Waals surface area contributed by atoms with E-state index in [4.69, 9.17) is 4.74 Å². The molecule has 92 valence electrons. The molecule has 4 nitrogen and oxygen atoms in total. The Labute approximate surface area is 108 Å². The summed E-state index contributed by atoms with van der Waals surface area (Å²) in [4.78, 5) is 13.3. The molecule has 0 radical (unpaired) electrons. The zero-order valence-electron chi connectivity index (χ0n) is 9.52. The molecule has 1 unspecified atom stereocenters. The number of aliphatic hydroxyl groups is 1. The molecule has 1 N–H and O–H groups in total. The molecule has 0 spiro atoms. The third kappa shape index (κ3) is 2.45. The van der Waals surface area contributed by atoms with E-state index >= 15 is 0 Å². The fourth-order valence-electron chi connectivity index (χ4n) is 1.99. The van der Waals surface area contributed by atoms with Gasteiger partial charge in [0.05, 0.1) is 24.9 Å². The predicted molar refractivity (Wildman–Crippen MR) is 68.2 cm³/mol. The molecule has 0 saturated carbocycles. The van der Waals surface area contributed by atoms with Crippen LogP contribution in [0.5, 0.6) is 0 Å². The van der Waals surface area contributed by atoms with Crippen LogP contribution in [-0.2, 0) is 4.74 Å². The van der Waals surface area contributed by atoms with Crippen LogP contribution in [0.25, 0.3) is 0 Å². The Morgan fingerprint density at radius 3 is 3.00 bits per heavy atom. The highest BCUT2D eigenvalue weighted by Crippen LogP contribution is 2.28. The molecule has 1 aliphatic rings. The molecular formula is C12H14BrNO3. The zero-order valence-corrected chi connectivity index (χ0v) is 11.1. The second-order valence-corrected chi connectivity index (χ2v) is 4.96. The van der Waals surface area contributed by atoms with Gasteiger partial charge < -0.3 is 9.84 Å². The quantitative estimate of drug-likeness (QED) is 0.913. The van der Waals surface area contributed by atoms with E-state index in [2.05, 4.69) is 15.9 Å². The molecule has 0 bridgehead atoms. The first-order valence-corrected chi connectivity index (χ1v) is 6.26. The lowest BCUT2D eigenvalue weighted by atomic mass is 10.1. The lowest BCUT2D eigenvalue weighted by molar-refractivity contribution is 0.115. The number of aliphatic hydroxyl groups excluding tert-OH is 1. The van der Waals surface area contributed by atoms with Crippen LogP contribution in [0.4, 0.5) is 10.5 Å². The average Bonchev–Trinajstić information content (AvgIpc) is 2.30. The monoisotopic (exact) mass is 299 g/mol. The van der Waals surface area contributed by atoms with E-state index in [0.29, 0.717) is 13.0 Å². The molecule has 1 aromatic rings. The number of carbonyl (C=O) groups excluding carboxylic acids is 1. The first kappa shape index (κ1) is 12.4. The van der Waals surface area contributed by atoms with Crippen LogP contribution in [0.15, 0.2) is 22.7 Å². The summed E-state index contributed by atoms with van der Waals surface area (Å²) in [6, 6.07) is 5.47. The van der Waals surface area contributed by atoms with Gasteiger partial charge in [0.25, 0.3) is 0 Å². The second kappa shape index (κ2) is 5.06. The molecule has 17 heavy (non-hydrogen) atoms.